The van der Waals surface area contributed by atoms with Crippen molar-refractivity contribution in [3.8, 4) is 5.75 Å². The Labute approximate surface area is 125 Å². The Morgan fingerprint density at radius 3 is 2.90 bits per heavy atom. The van der Waals surface area contributed by atoms with Crippen molar-refractivity contribution in [3.05, 3.63) is 23.8 Å². The molecule has 0 aromatic heterocycles. The molecule has 2 unspecified atom stereocenters. The van der Waals surface area contributed by atoms with Crippen molar-refractivity contribution in [3.63, 3.8) is 0 Å². The van der Waals surface area contributed by atoms with E-state index in [0.29, 0.717) is 13.2 Å². The molecular formula is C15H21NO4S. The topological polar surface area (TPSA) is 75.6 Å². The van der Waals surface area contributed by atoms with Crippen LogP contribution in [0, 0.1) is 5.92 Å². The first-order valence-electron chi connectivity index (χ1n) is 7.50. The second-order valence-corrected chi connectivity index (χ2v) is 7.60. The van der Waals surface area contributed by atoms with Gasteiger partial charge in [0.25, 0.3) is 0 Å². The summed E-state index contributed by atoms with van der Waals surface area (Å²) >= 11 is 0. The number of hydrogen-bond acceptors (Lipinski definition) is 4. The molecule has 2 aliphatic rings. The Hall–Kier alpha value is -1.11. The predicted molar refractivity (Wildman–Crippen MR) is 78.8 cm³/mol. The minimum Gasteiger partial charge on any atom is -0.493 e. The lowest BCUT2D eigenvalue weighted by molar-refractivity contribution is 0.0724. The average molecular weight is 311 g/mol. The van der Waals surface area contributed by atoms with Crippen molar-refractivity contribution < 1.29 is 18.3 Å². The second-order valence-electron chi connectivity index (χ2n) is 5.83. The Kier molecular flexibility index (Phi) is 4.19. The lowest BCUT2D eigenvalue weighted by atomic mass is 9.87. The van der Waals surface area contributed by atoms with E-state index in [1.54, 1.807) is 18.2 Å². The summed E-state index contributed by atoms with van der Waals surface area (Å²) in [6.45, 7) is 0.914. The van der Waals surface area contributed by atoms with Gasteiger partial charge < -0.3 is 9.84 Å². The van der Waals surface area contributed by atoms with Crippen molar-refractivity contribution >= 4 is 10.0 Å². The molecule has 1 saturated carbocycles. The third-order valence-electron chi connectivity index (χ3n) is 4.38. The predicted octanol–water partition coefficient (Wildman–Crippen LogP) is 1.45. The molecular weight excluding hydrogens is 290 g/mol. The molecule has 2 atom stereocenters. The average Bonchev–Trinajstić information content (AvgIpc) is 2.94. The molecule has 3 rings (SSSR count). The van der Waals surface area contributed by atoms with Crippen LogP contribution in [0.1, 0.15) is 31.2 Å². The van der Waals surface area contributed by atoms with Crippen LogP contribution in [0.25, 0.3) is 0 Å². The summed E-state index contributed by atoms with van der Waals surface area (Å²) in [7, 11) is -3.52. The summed E-state index contributed by atoms with van der Waals surface area (Å²) in [6, 6.07) is 4.97. The van der Waals surface area contributed by atoms with Gasteiger partial charge in [0, 0.05) is 13.0 Å². The number of sulfonamides is 1. The second kappa shape index (κ2) is 5.94. The molecule has 1 heterocycles. The number of rotatable bonds is 4. The number of hydrogen-bond donors (Lipinski definition) is 2. The summed E-state index contributed by atoms with van der Waals surface area (Å²) in [6.07, 6.45) is 4.08. The van der Waals surface area contributed by atoms with Gasteiger partial charge in [-0.05, 0) is 42.5 Å². The van der Waals surface area contributed by atoms with Gasteiger partial charge in [-0.15, -0.1) is 0 Å². The van der Waals surface area contributed by atoms with Gasteiger partial charge in [0.15, 0.2) is 0 Å². The maximum Gasteiger partial charge on any atom is 0.240 e. The molecule has 1 aromatic rings. The number of fused-ring (bicyclic) bond motifs is 1. The van der Waals surface area contributed by atoms with E-state index in [0.717, 1.165) is 43.4 Å². The summed E-state index contributed by atoms with van der Waals surface area (Å²) in [5.74, 6) is 0.794. The Bertz CT molecular complexity index is 614. The lowest BCUT2D eigenvalue weighted by Gasteiger charge is -2.27. The van der Waals surface area contributed by atoms with Gasteiger partial charge in [0.2, 0.25) is 10.0 Å². The Morgan fingerprint density at radius 1 is 1.29 bits per heavy atom. The molecule has 0 amide bonds. The quantitative estimate of drug-likeness (QED) is 0.882. The van der Waals surface area contributed by atoms with Crippen LogP contribution in [0.15, 0.2) is 23.1 Å². The highest BCUT2D eigenvalue weighted by Crippen LogP contribution is 2.28. The van der Waals surface area contributed by atoms with Crippen LogP contribution >= 0.6 is 0 Å². The van der Waals surface area contributed by atoms with Crippen molar-refractivity contribution in [2.45, 2.75) is 43.1 Å². The normalized spacial score (nSPS) is 25.4. The molecule has 2 N–H and O–H groups in total. The van der Waals surface area contributed by atoms with Crippen LogP contribution in [-0.4, -0.2) is 32.8 Å². The molecule has 1 aliphatic carbocycles. The maximum atomic E-state index is 12.3. The zero-order valence-electron chi connectivity index (χ0n) is 11.9. The Morgan fingerprint density at radius 2 is 2.10 bits per heavy atom. The van der Waals surface area contributed by atoms with Crippen LogP contribution in [0.3, 0.4) is 0 Å². The van der Waals surface area contributed by atoms with Gasteiger partial charge in [-0.25, -0.2) is 13.1 Å². The molecule has 0 bridgehead atoms. The van der Waals surface area contributed by atoms with Crippen LogP contribution < -0.4 is 9.46 Å². The van der Waals surface area contributed by atoms with Crippen LogP contribution in [0.5, 0.6) is 5.75 Å². The number of ether oxygens (including phenoxy) is 1. The molecule has 116 valence electrons. The van der Waals surface area contributed by atoms with E-state index < -0.39 is 16.1 Å². The van der Waals surface area contributed by atoms with Crippen molar-refractivity contribution in [1.82, 2.24) is 4.72 Å². The molecule has 6 heteroatoms. The molecule has 1 aromatic carbocycles. The van der Waals surface area contributed by atoms with Crippen molar-refractivity contribution in [2.24, 2.45) is 5.92 Å². The third kappa shape index (κ3) is 3.22. The van der Waals surface area contributed by atoms with Crippen LogP contribution in [-0.2, 0) is 16.4 Å². The number of aliphatic hydroxyl groups is 1. The van der Waals surface area contributed by atoms with Crippen LogP contribution in [0.2, 0.25) is 0 Å². The van der Waals surface area contributed by atoms with Gasteiger partial charge >= 0.3 is 0 Å². The fraction of sp³-hybridized carbons (Fsp3) is 0.600. The van der Waals surface area contributed by atoms with Crippen LogP contribution in [0.4, 0.5) is 0 Å². The number of aliphatic hydroxyl groups excluding tert-OH is 1. The zero-order chi connectivity index (χ0) is 14.9. The lowest BCUT2D eigenvalue weighted by Crippen LogP contribution is -2.36. The molecule has 0 radical (unpaired) electrons. The van der Waals surface area contributed by atoms with E-state index in [4.69, 9.17) is 4.74 Å². The largest absolute Gasteiger partial charge is 0.493 e. The molecule has 21 heavy (non-hydrogen) atoms. The minimum absolute atomic E-state index is 0.0197. The molecule has 1 fully saturated rings. The number of nitrogens with one attached hydrogen (secondary N) is 1. The van der Waals surface area contributed by atoms with E-state index in [1.807, 2.05) is 0 Å². The molecule has 1 aliphatic heterocycles. The first-order valence-corrected chi connectivity index (χ1v) is 8.98. The van der Waals surface area contributed by atoms with Gasteiger partial charge in [-0.3, -0.25) is 0 Å². The van der Waals surface area contributed by atoms with E-state index in [1.165, 1.54) is 0 Å². The standard InChI is InChI=1S/C15H21NO4S/c17-14-4-2-1-3-12(14)10-16-21(18,19)13-5-6-15-11(9-13)7-8-20-15/h5-6,9,12,14,16-17H,1-4,7-8,10H2. The fourth-order valence-corrected chi connectivity index (χ4v) is 4.20. The van der Waals surface area contributed by atoms with Gasteiger partial charge in [0.05, 0.1) is 17.6 Å². The summed E-state index contributed by atoms with van der Waals surface area (Å²) < 4.78 is 32.7. The number of benzene rings is 1. The van der Waals surface area contributed by atoms with Gasteiger partial charge in [-0.2, -0.15) is 0 Å². The highest BCUT2D eigenvalue weighted by atomic mass is 32.2. The van der Waals surface area contributed by atoms with Crippen molar-refractivity contribution in [1.29, 1.82) is 0 Å². The van der Waals surface area contributed by atoms with E-state index >= 15 is 0 Å². The fourth-order valence-electron chi connectivity index (χ4n) is 3.06. The first kappa shape index (κ1) is 14.8. The summed E-state index contributed by atoms with van der Waals surface area (Å²) in [5.41, 5.74) is 0.940. The minimum atomic E-state index is -3.52. The van der Waals surface area contributed by atoms with Crippen molar-refractivity contribution in [2.75, 3.05) is 13.2 Å². The molecule has 0 saturated heterocycles. The Balaban J connectivity index is 1.69. The highest BCUT2D eigenvalue weighted by Gasteiger charge is 2.25. The first-order chi connectivity index (χ1) is 10.1. The molecule has 0 spiro atoms. The summed E-state index contributed by atoms with van der Waals surface area (Å²) in [4.78, 5) is 0.275. The smallest absolute Gasteiger partial charge is 0.240 e. The summed E-state index contributed by atoms with van der Waals surface area (Å²) in [5, 5.41) is 9.91. The van der Waals surface area contributed by atoms with E-state index in [9.17, 15) is 13.5 Å². The highest BCUT2D eigenvalue weighted by molar-refractivity contribution is 7.89. The zero-order valence-corrected chi connectivity index (χ0v) is 12.7. The third-order valence-corrected chi connectivity index (χ3v) is 5.80. The van der Waals surface area contributed by atoms with Gasteiger partial charge in [0.1, 0.15) is 5.75 Å². The monoisotopic (exact) mass is 311 g/mol. The van der Waals surface area contributed by atoms with E-state index in [2.05, 4.69) is 4.72 Å². The molecule has 5 nitrogen and oxygen atoms in total. The SMILES string of the molecule is O=S(=O)(NCC1CCCCC1O)c1ccc2c(c1)CCO2. The maximum absolute atomic E-state index is 12.3. The van der Waals surface area contributed by atoms with Gasteiger partial charge in [-0.1, -0.05) is 12.8 Å². The van der Waals surface area contributed by atoms with E-state index in [-0.39, 0.29) is 10.8 Å².